The maximum absolute atomic E-state index is 11.4. The highest BCUT2D eigenvalue weighted by molar-refractivity contribution is 5.77. The molecular weight excluding hydrogens is 254 g/mol. The van der Waals surface area contributed by atoms with Crippen LogP contribution in [0.2, 0.25) is 0 Å². The van der Waals surface area contributed by atoms with E-state index in [1.165, 1.54) is 5.56 Å². The number of hydrogen-bond donors (Lipinski definition) is 2. The highest BCUT2D eigenvalue weighted by atomic mass is 16.5. The van der Waals surface area contributed by atoms with Crippen LogP contribution in [0.4, 0.5) is 0 Å². The van der Waals surface area contributed by atoms with Gasteiger partial charge in [-0.2, -0.15) is 5.26 Å². The van der Waals surface area contributed by atoms with Crippen LogP contribution < -0.4 is 15.4 Å². The van der Waals surface area contributed by atoms with Crippen LogP contribution >= 0.6 is 0 Å². The van der Waals surface area contributed by atoms with Gasteiger partial charge in [-0.05, 0) is 31.2 Å². The molecule has 0 fully saturated rings. The molecule has 1 rings (SSSR count). The minimum atomic E-state index is -0.217. The largest absolute Gasteiger partial charge is 0.484 e. The second-order valence-electron chi connectivity index (χ2n) is 4.37. The van der Waals surface area contributed by atoms with Gasteiger partial charge in [0.2, 0.25) is 0 Å². The number of ether oxygens (including phenoxy) is 1. The van der Waals surface area contributed by atoms with Crippen LogP contribution in [0.3, 0.4) is 0 Å². The van der Waals surface area contributed by atoms with Crippen molar-refractivity contribution < 1.29 is 9.53 Å². The molecule has 0 saturated heterocycles. The Morgan fingerprint density at radius 1 is 1.40 bits per heavy atom. The summed E-state index contributed by atoms with van der Waals surface area (Å²) >= 11 is 0. The lowest BCUT2D eigenvalue weighted by Crippen LogP contribution is -2.29. The van der Waals surface area contributed by atoms with Gasteiger partial charge in [-0.15, -0.1) is 0 Å². The van der Waals surface area contributed by atoms with E-state index in [0.717, 1.165) is 6.42 Å². The molecule has 1 aromatic carbocycles. The number of amides is 1. The number of hydrogen-bond acceptors (Lipinski definition) is 4. The van der Waals surface area contributed by atoms with Crippen LogP contribution in [0, 0.1) is 11.3 Å². The molecule has 0 spiro atoms. The molecule has 108 valence electrons. The SMILES string of the molecule is CCC(NC)c1ccc(OCC(=O)NCCC#N)cc1. The summed E-state index contributed by atoms with van der Waals surface area (Å²) in [6, 6.07) is 10.0. The molecule has 2 N–H and O–H groups in total. The molecule has 1 atom stereocenters. The topological polar surface area (TPSA) is 74.2 Å². The van der Waals surface area contributed by atoms with Crippen LogP contribution in [0.5, 0.6) is 5.75 Å². The first kappa shape index (κ1) is 16.0. The van der Waals surface area contributed by atoms with Gasteiger partial charge in [0.05, 0.1) is 12.5 Å². The molecule has 5 nitrogen and oxygen atoms in total. The van der Waals surface area contributed by atoms with Gasteiger partial charge in [-0.3, -0.25) is 4.79 Å². The van der Waals surface area contributed by atoms with Gasteiger partial charge in [0, 0.05) is 12.6 Å². The summed E-state index contributed by atoms with van der Waals surface area (Å²) in [4.78, 5) is 11.4. The molecule has 0 aliphatic heterocycles. The Morgan fingerprint density at radius 2 is 2.10 bits per heavy atom. The molecule has 0 heterocycles. The predicted octanol–water partition coefficient (Wildman–Crippen LogP) is 1.77. The van der Waals surface area contributed by atoms with E-state index in [0.29, 0.717) is 24.8 Å². The summed E-state index contributed by atoms with van der Waals surface area (Å²) in [5.74, 6) is 0.445. The van der Waals surface area contributed by atoms with Gasteiger partial charge < -0.3 is 15.4 Å². The molecule has 1 unspecified atom stereocenters. The smallest absolute Gasteiger partial charge is 0.257 e. The lowest BCUT2D eigenvalue weighted by molar-refractivity contribution is -0.123. The van der Waals surface area contributed by atoms with Crippen LogP contribution in [-0.4, -0.2) is 26.1 Å². The van der Waals surface area contributed by atoms with Gasteiger partial charge in [-0.1, -0.05) is 19.1 Å². The van der Waals surface area contributed by atoms with Gasteiger partial charge >= 0.3 is 0 Å². The Hall–Kier alpha value is -2.06. The van der Waals surface area contributed by atoms with Crippen molar-refractivity contribution in [1.82, 2.24) is 10.6 Å². The van der Waals surface area contributed by atoms with Crippen molar-refractivity contribution in [3.63, 3.8) is 0 Å². The molecule has 5 heteroatoms. The average Bonchev–Trinajstić information content (AvgIpc) is 2.48. The van der Waals surface area contributed by atoms with Gasteiger partial charge in [0.15, 0.2) is 6.61 Å². The molecule has 0 radical (unpaired) electrons. The van der Waals surface area contributed by atoms with Crippen molar-refractivity contribution in [1.29, 1.82) is 5.26 Å². The highest BCUT2D eigenvalue weighted by Gasteiger charge is 2.07. The van der Waals surface area contributed by atoms with E-state index in [1.807, 2.05) is 37.4 Å². The van der Waals surface area contributed by atoms with E-state index >= 15 is 0 Å². The maximum Gasteiger partial charge on any atom is 0.257 e. The zero-order valence-electron chi connectivity index (χ0n) is 12.0. The quantitative estimate of drug-likeness (QED) is 0.709. The van der Waals surface area contributed by atoms with E-state index in [4.69, 9.17) is 10.00 Å². The summed E-state index contributed by atoms with van der Waals surface area (Å²) in [7, 11) is 1.93. The molecule has 1 aromatic rings. The van der Waals surface area contributed by atoms with E-state index < -0.39 is 0 Å². The van der Waals surface area contributed by atoms with E-state index in [9.17, 15) is 4.79 Å². The first-order valence-electron chi connectivity index (χ1n) is 6.75. The van der Waals surface area contributed by atoms with Crippen LogP contribution in [0.15, 0.2) is 24.3 Å². The monoisotopic (exact) mass is 275 g/mol. The molecule has 0 aliphatic rings. The zero-order valence-corrected chi connectivity index (χ0v) is 12.0. The highest BCUT2D eigenvalue weighted by Crippen LogP contribution is 2.19. The Morgan fingerprint density at radius 3 is 2.65 bits per heavy atom. The number of nitriles is 1. The van der Waals surface area contributed by atoms with Crippen molar-refractivity contribution in [2.45, 2.75) is 25.8 Å². The number of nitrogens with one attached hydrogen (secondary N) is 2. The van der Waals surface area contributed by atoms with Crippen molar-refractivity contribution in [2.75, 3.05) is 20.2 Å². The van der Waals surface area contributed by atoms with Crippen molar-refractivity contribution in [3.05, 3.63) is 29.8 Å². The van der Waals surface area contributed by atoms with Crippen molar-refractivity contribution in [3.8, 4) is 11.8 Å². The Balaban J connectivity index is 2.42. The molecule has 20 heavy (non-hydrogen) atoms. The minimum absolute atomic E-state index is 0.0337. The number of rotatable bonds is 8. The Labute approximate surface area is 119 Å². The fourth-order valence-electron chi connectivity index (χ4n) is 1.86. The maximum atomic E-state index is 11.4. The fraction of sp³-hybridized carbons (Fsp3) is 0.467. The number of carbonyl (C=O) groups is 1. The molecule has 0 aromatic heterocycles. The lowest BCUT2D eigenvalue weighted by Gasteiger charge is -2.14. The van der Waals surface area contributed by atoms with Gasteiger partial charge in [-0.25, -0.2) is 0 Å². The summed E-state index contributed by atoms with van der Waals surface area (Å²) in [6.45, 7) is 2.45. The molecule has 0 bridgehead atoms. The normalized spacial score (nSPS) is 11.4. The van der Waals surface area contributed by atoms with E-state index in [2.05, 4.69) is 17.6 Å². The molecule has 1 amide bonds. The van der Waals surface area contributed by atoms with Crippen LogP contribution in [0.1, 0.15) is 31.4 Å². The van der Waals surface area contributed by atoms with E-state index in [-0.39, 0.29) is 12.5 Å². The average molecular weight is 275 g/mol. The Kier molecular flexibility index (Phi) is 7.15. The molecule has 0 aliphatic carbocycles. The summed E-state index contributed by atoms with van der Waals surface area (Å²) in [5, 5.41) is 14.2. The van der Waals surface area contributed by atoms with Gasteiger partial charge in [0.25, 0.3) is 5.91 Å². The second kappa shape index (κ2) is 8.94. The van der Waals surface area contributed by atoms with Crippen LogP contribution in [0.25, 0.3) is 0 Å². The third-order valence-corrected chi connectivity index (χ3v) is 2.97. The standard InChI is InChI=1S/C15H21N3O2/c1-3-14(17-2)12-5-7-13(8-6-12)20-11-15(19)18-10-4-9-16/h5-8,14,17H,3-4,10-11H2,1-2H3,(H,18,19). The van der Waals surface area contributed by atoms with Crippen molar-refractivity contribution >= 4 is 5.91 Å². The second-order valence-corrected chi connectivity index (χ2v) is 4.37. The van der Waals surface area contributed by atoms with Gasteiger partial charge in [0.1, 0.15) is 5.75 Å². The minimum Gasteiger partial charge on any atom is -0.484 e. The fourth-order valence-corrected chi connectivity index (χ4v) is 1.86. The number of nitrogens with zero attached hydrogens (tertiary/aromatic N) is 1. The first-order valence-corrected chi connectivity index (χ1v) is 6.75. The third kappa shape index (κ3) is 5.29. The predicted molar refractivity (Wildman–Crippen MR) is 77.3 cm³/mol. The summed E-state index contributed by atoms with van der Waals surface area (Å²) in [6.07, 6.45) is 1.32. The van der Waals surface area contributed by atoms with Crippen LogP contribution in [-0.2, 0) is 4.79 Å². The lowest BCUT2D eigenvalue weighted by atomic mass is 10.1. The summed E-state index contributed by atoms with van der Waals surface area (Å²) in [5.41, 5.74) is 1.20. The first-order chi connectivity index (χ1) is 9.71. The van der Waals surface area contributed by atoms with Crippen molar-refractivity contribution in [2.24, 2.45) is 0 Å². The third-order valence-electron chi connectivity index (χ3n) is 2.97. The number of benzene rings is 1. The zero-order chi connectivity index (χ0) is 14.8. The summed E-state index contributed by atoms with van der Waals surface area (Å²) < 4.78 is 5.39. The number of carbonyl (C=O) groups excluding carboxylic acids is 1. The van der Waals surface area contributed by atoms with E-state index in [1.54, 1.807) is 0 Å². The Bertz CT molecular complexity index is 447. The molecular formula is C15H21N3O2. The molecule has 0 saturated carbocycles.